The van der Waals surface area contributed by atoms with Gasteiger partial charge in [-0.2, -0.15) is 9.90 Å². The van der Waals surface area contributed by atoms with E-state index in [-0.39, 0.29) is 5.69 Å². The summed E-state index contributed by atoms with van der Waals surface area (Å²) in [6.45, 7) is 7.26. The van der Waals surface area contributed by atoms with Crippen LogP contribution in [0.25, 0.3) is 0 Å². The lowest BCUT2D eigenvalue weighted by atomic mass is 10.3. The summed E-state index contributed by atoms with van der Waals surface area (Å²) in [4.78, 5) is 13.2. The first-order chi connectivity index (χ1) is 8.31. The zero-order valence-corrected chi connectivity index (χ0v) is 11.8. The average Bonchev–Trinajstić information content (AvgIpc) is 2.68. The van der Waals surface area contributed by atoms with Crippen molar-refractivity contribution in [3.8, 4) is 0 Å². The molecule has 0 aromatic carbocycles. The maximum absolute atomic E-state index is 11.8. The molecule has 0 saturated heterocycles. The number of hydrogen-bond acceptors (Lipinski definition) is 5. The molecule has 7 nitrogen and oxygen atoms in total. The minimum Gasteiger partial charge on any atom is -0.266 e. The molecule has 0 radical (unpaired) electrons. The number of hydrogen-bond donors (Lipinski definition) is 1. The zero-order chi connectivity index (χ0) is 13.9. The summed E-state index contributed by atoms with van der Waals surface area (Å²) in [7, 11) is -3.65. The Balaban J connectivity index is 2.92. The van der Waals surface area contributed by atoms with Crippen molar-refractivity contribution in [3.05, 3.63) is 11.4 Å². The average molecular weight is 274 g/mol. The monoisotopic (exact) mass is 274 g/mol. The van der Waals surface area contributed by atoms with Crippen molar-refractivity contribution >= 4 is 15.9 Å². The Kier molecular flexibility index (Phi) is 4.44. The van der Waals surface area contributed by atoms with Crippen molar-refractivity contribution in [2.75, 3.05) is 0 Å². The van der Waals surface area contributed by atoms with E-state index in [1.165, 1.54) is 4.80 Å². The fraction of sp³-hybridized carbons (Fsp3) is 0.700. The number of rotatable bonds is 5. The highest BCUT2D eigenvalue weighted by molar-refractivity contribution is 7.90. The molecule has 1 rings (SSSR count). The summed E-state index contributed by atoms with van der Waals surface area (Å²) in [5.41, 5.74) is 0.456. The lowest BCUT2D eigenvalue weighted by Gasteiger charge is -2.10. The van der Waals surface area contributed by atoms with Gasteiger partial charge in [-0.25, -0.2) is 13.1 Å². The molecular weight excluding hydrogens is 256 g/mol. The molecule has 0 fully saturated rings. The van der Waals surface area contributed by atoms with Crippen molar-refractivity contribution in [2.24, 2.45) is 0 Å². The molecule has 1 heterocycles. The number of aryl methyl sites for hydroxylation is 2. The van der Waals surface area contributed by atoms with Crippen molar-refractivity contribution in [2.45, 2.75) is 45.9 Å². The van der Waals surface area contributed by atoms with E-state index in [2.05, 4.69) is 10.2 Å². The molecule has 0 aliphatic heterocycles. The second-order valence-corrected chi connectivity index (χ2v) is 6.12. The van der Waals surface area contributed by atoms with Crippen molar-refractivity contribution in [1.29, 1.82) is 0 Å². The van der Waals surface area contributed by atoms with Crippen LogP contribution in [-0.2, 0) is 16.6 Å². The molecule has 0 saturated carbocycles. The molecule has 0 aliphatic carbocycles. The number of nitrogens with one attached hydrogen (secondary N) is 1. The molecular formula is C10H18N4O3S. The summed E-state index contributed by atoms with van der Waals surface area (Å²) in [6, 6.07) is 0. The fourth-order valence-electron chi connectivity index (χ4n) is 1.28. The Morgan fingerprint density at radius 1 is 1.39 bits per heavy atom. The Labute approximate surface area is 107 Å². The molecule has 1 unspecified atom stereocenters. The molecule has 1 aromatic rings. The second-order valence-electron chi connectivity index (χ2n) is 4.02. The highest BCUT2D eigenvalue weighted by Crippen LogP contribution is 2.06. The first kappa shape index (κ1) is 14.6. The van der Waals surface area contributed by atoms with Crippen LogP contribution in [0.1, 0.15) is 43.4 Å². The molecule has 0 aliphatic rings. The first-order valence-electron chi connectivity index (χ1n) is 5.79. The summed E-state index contributed by atoms with van der Waals surface area (Å²) in [6.07, 6.45) is 0.434. The van der Waals surface area contributed by atoms with Gasteiger partial charge in [0.2, 0.25) is 10.0 Å². The van der Waals surface area contributed by atoms with Gasteiger partial charge in [-0.05, 0) is 27.2 Å². The first-order valence-corrected chi connectivity index (χ1v) is 7.34. The number of sulfonamides is 1. The lowest BCUT2D eigenvalue weighted by molar-refractivity contribution is 0.0975. The van der Waals surface area contributed by atoms with E-state index in [1.807, 2.05) is 11.6 Å². The predicted molar refractivity (Wildman–Crippen MR) is 66.6 cm³/mol. The summed E-state index contributed by atoms with van der Waals surface area (Å²) in [5, 5.41) is 7.30. The molecule has 1 amide bonds. The Morgan fingerprint density at radius 2 is 2.00 bits per heavy atom. The van der Waals surface area contributed by atoms with E-state index in [4.69, 9.17) is 0 Å². The Morgan fingerprint density at radius 3 is 2.44 bits per heavy atom. The third-order valence-corrected chi connectivity index (χ3v) is 4.52. The van der Waals surface area contributed by atoms with Crippen LogP contribution in [0.3, 0.4) is 0 Å². The Hall–Kier alpha value is -1.44. The van der Waals surface area contributed by atoms with Crippen LogP contribution in [0, 0.1) is 6.92 Å². The molecule has 1 aromatic heterocycles. The zero-order valence-electron chi connectivity index (χ0n) is 11.0. The van der Waals surface area contributed by atoms with Crippen LogP contribution in [-0.4, -0.2) is 34.6 Å². The number of amides is 1. The molecule has 0 spiro atoms. The van der Waals surface area contributed by atoms with Gasteiger partial charge in [0.25, 0.3) is 5.91 Å². The fourth-order valence-corrected chi connectivity index (χ4v) is 2.27. The van der Waals surface area contributed by atoms with E-state index >= 15 is 0 Å². The van der Waals surface area contributed by atoms with Gasteiger partial charge >= 0.3 is 0 Å². The molecule has 1 N–H and O–H groups in total. The van der Waals surface area contributed by atoms with Crippen LogP contribution in [0.15, 0.2) is 0 Å². The van der Waals surface area contributed by atoms with Gasteiger partial charge in [0, 0.05) is 0 Å². The third kappa shape index (κ3) is 3.06. The van der Waals surface area contributed by atoms with Gasteiger partial charge in [0.05, 0.1) is 17.5 Å². The van der Waals surface area contributed by atoms with Crippen LogP contribution in [0.4, 0.5) is 0 Å². The molecule has 0 bridgehead atoms. The van der Waals surface area contributed by atoms with Crippen LogP contribution >= 0.6 is 0 Å². The maximum Gasteiger partial charge on any atom is 0.287 e. The topological polar surface area (TPSA) is 94.0 Å². The van der Waals surface area contributed by atoms with E-state index in [0.717, 1.165) is 0 Å². The second kappa shape index (κ2) is 5.47. The summed E-state index contributed by atoms with van der Waals surface area (Å²) in [5.74, 6) is -0.729. The van der Waals surface area contributed by atoms with Crippen LogP contribution in [0.5, 0.6) is 0 Å². The summed E-state index contributed by atoms with van der Waals surface area (Å²) >= 11 is 0. The number of carbonyl (C=O) groups is 1. The number of nitrogens with zero attached hydrogens (tertiary/aromatic N) is 3. The standard InChI is InChI=1S/C10H18N4O3S/c1-5-7(3)18(16,17)13-10(15)9-8(4)11-14(6-2)12-9/h7H,5-6H2,1-4H3,(H,13,15). The van der Waals surface area contributed by atoms with E-state index in [9.17, 15) is 13.2 Å². The predicted octanol–water partition coefficient (Wildman–Crippen LogP) is 0.465. The summed E-state index contributed by atoms with van der Waals surface area (Å²) < 4.78 is 25.5. The van der Waals surface area contributed by atoms with E-state index in [0.29, 0.717) is 18.7 Å². The minimum atomic E-state index is -3.65. The van der Waals surface area contributed by atoms with Gasteiger partial charge in [-0.1, -0.05) is 6.92 Å². The molecule has 1 atom stereocenters. The van der Waals surface area contributed by atoms with Gasteiger partial charge in [-0.15, -0.1) is 5.10 Å². The van der Waals surface area contributed by atoms with Crippen LogP contribution in [0.2, 0.25) is 0 Å². The largest absolute Gasteiger partial charge is 0.287 e. The van der Waals surface area contributed by atoms with Crippen molar-refractivity contribution < 1.29 is 13.2 Å². The lowest BCUT2D eigenvalue weighted by Crippen LogP contribution is -2.37. The van der Waals surface area contributed by atoms with Crippen LogP contribution < -0.4 is 4.72 Å². The highest BCUT2D eigenvalue weighted by atomic mass is 32.2. The maximum atomic E-state index is 11.8. The van der Waals surface area contributed by atoms with E-state index < -0.39 is 21.2 Å². The smallest absolute Gasteiger partial charge is 0.266 e. The third-order valence-electron chi connectivity index (χ3n) is 2.66. The minimum absolute atomic E-state index is 0.0451. The van der Waals surface area contributed by atoms with E-state index in [1.54, 1.807) is 20.8 Å². The van der Waals surface area contributed by atoms with Gasteiger partial charge in [-0.3, -0.25) is 4.79 Å². The van der Waals surface area contributed by atoms with Gasteiger partial charge in [0.1, 0.15) is 0 Å². The quantitative estimate of drug-likeness (QED) is 0.842. The molecule has 102 valence electrons. The van der Waals surface area contributed by atoms with Crippen molar-refractivity contribution in [1.82, 2.24) is 19.7 Å². The number of aromatic nitrogens is 3. The normalized spacial score (nSPS) is 13.3. The number of carbonyl (C=O) groups excluding carboxylic acids is 1. The van der Waals surface area contributed by atoms with Gasteiger partial charge < -0.3 is 0 Å². The molecule has 18 heavy (non-hydrogen) atoms. The van der Waals surface area contributed by atoms with Crippen molar-refractivity contribution in [3.63, 3.8) is 0 Å². The Bertz CT molecular complexity index is 535. The highest BCUT2D eigenvalue weighted by Gasteiger charge is 2.25. The SMILES string of the molecule is CCC(C)S(=O)(=O)NC(=O)c1nn(CC)nc1C. The molecule has 8 heteroatoms. The van der Waals surface area contributed by atoms with Gasteiger partial charge in [0.15, 0.2) is 5.69 Å².